The number of hydrogen-bond donors (Lipinski definition) is 0. The highest BCUT2D eigenvalue weighted by molar-refractivity contribution is 5.69. The number of esters is 1. The van der Waals surface area contributed by atoms with Gasteiger partial charge in [-0.1, -0.05) is 13.3 Å². The molecule has 6 atom stereocenters. The molecule has 0 radical (unpaired) electrons. The third-order valence-corrected chi connectivity index (χ3v) is 7.80. The van der Waals surface area contributed by atoms with Gasteiger partial charge in [0.05, 0.1) is 24.9 Å². The molecule has 5 fully saturated rings. The van der Waals surface area contributed by atoms with Crippen LogP contribution in [0.25, 0.3) is 0 Å². The Labute approximate surface area is 149 Å². The lowest BCUT2D eigenvalue weighted by Crippen LogP contribution is -2.54. The molecule has 0 aromatic heterocycles. The second kappa shape index (κ2) is 5.43. The summed E-state index contributed by atoms with van der Waals surface area (Å²) in [5, 5.41) is 0. The molecule has 2 bridgehead atoms. The molecule has 3 saturated carbocycles. The SMILES string of the molecule is CCC(=O)O[C@H]1C[C@@]2(C)O[C@H]2CC23CCCC1C2C1(CC3)OCCO1. The third-order valence-electron chi connectivity index (χ3n) is 7.80. The van der Waals surface area contributed by atoms with E-state index < -0.39 is 5.79 Å². The summed E-state index contributed by atoms with van der Waals surface area (Å²) in [6, 6.07) is 0. The maximum Gasteiger partial charge on any atom is 0.305 e. The minimum absolute atomic E-state index is 0.0739. The maximum atomic E-state index is 12.1. The number of ether oxygens (including phenoxy) is 4. The largest absolute Gasteiger partial charge is 0.462 e. The summed E-state index contributed by atoms with van der Waals surface area (Å²) in [5.74, 6) is 0.124. The highest BCUT2D eigenvalue weighted by Gasteiger charge is 2.70. The van der Waals surface area contributed by atoms with E-state index in [0.717, 1.165) is 32.1 Å². The van der Waals surface area contributed by atoms with Gasteiger partial charge < -0.3 is 18.9 Å². The van der Waals surface area contributed by atoms with Crippen molar-refractivity contribution in [2.45, 2.75) is 88.8 Å². The summed E-state index contributed by atoms with van der Waals surface area (Å²) in [6.07, 6.45) is 8.26. The number of hydrogen-bond acceptors (Lipinski definition) is 5. The summed E-state index contributed by atoms with van der Waals surface area (Å²) >= 11 is 0. The highest BCUT2D eigenvalue weighted by atomic mass is 16.7. The fraction of sp³-hybridized carbons (Fsp3) is 0.950. The average Bonchev–Trinajstić information content (AvgIpc) is 2.96. The average molecular weight is 350 g/mol. The predicted octanol–water partition coefficient (Wildman–Crippen LogP) is 3.20. The molecular weight excluding hydrogens is 320 g/mol. The fourth-order valence-electron chi connectivity index (χ4n) is 6.67. The zero-order valence-electron chi connectivity index (χ0n) is 15.4. The second-order valence-corrected chi connectivity index (χ2v) is 9.11. The molecule has 0 aromatic rings. The summed E-state index contributed by atoms with van der Waals surface area (Å²) in [6.45, 7) is 5.45. The molecule has 3 aliphatic carbocycles. The number of epoxide rings is 1. The molecule has 0 N–H and O–H groups in total. The lowest BCUT2D eigenvalue weighted by Gasteiger charge is -2.51. The van der Waals surface area contributed by atoms with Crippen LogP contribution in [0.5, 0.6) is 0 Å². The molecule has 2 aliphatic heterocycles. The number of fused-ring (bicyclic) bond motifs is 1. The van der Waals surface area contributed by atoms with E-state index in [2.05, 4.69) is 6.92 Å². The normalized spacial score (nSPS) is 49.8. The van der Waals surface area contributed by atoms with E-state index in [0.29, 0.717) is 37.6 Å². The van der Waals surface area contributed by atoms with Gasteiger partial charge in [0.15, 0.2) is 5.79 Å². The molecule has 1 spiro atoms. The van der Waals surface area contributed by atoms with Crippen LogP contribution in [0, 0.1) is 17.3 Å². The molecular formula is C20H30O5. The molecule has 2 saturated heterocycles. The lowest BCUT2D eigenvalue weighted by atomic mass is 9.56. The van der Waals surface area contributed by atoms with Crippen molar-refractivity contribution in [1.29, 1.82) is 0 Å². The summed E-state index contributed by atoms with van der Waals surface area (Å²) in [5.41, 5.74) is 0.117. The number of carbonyl (C=O) groups excluding carboxylic acids is 1. The summed E-state index contributed by atoms with van der Waals surface area (Å²) in [4.78, 5) is 12.1. The fourth-order valence-corrected chi connectivity index (χ4v) is 6.67. The van der Waals surface area contributed by atoms with Crippen molar-refractivity contribution in [2.75, 3.05) is 13.2 Å². The summed E-state index contributed by atoms with van der Waals surface area (Å²) in [7, 11) is 0. The first-order valence-electron chi connectivity index (χ1n) is 10.2. The van der Waals surface area contributed by atoms with Crippen molar-refractivity contribution >= 4 is 5.97 Å². The van der Waals surface area contributed by atoms with Crippen LogP contribution in [0.3, 0.4) is 0 Å². The van der Waals surface area contributed by atoms with Crippen molar-refractivity contribution in [3.8, 4) is 0 Å². The Morgan fingerprint density at radius 1 is 1.16 bits per heavy atom. The van der Waals surface area contributed by atoms with E-state index in [4.69, 9.17) is 18.9 Å². The van der Waals surface area contributed by atoms with Crippen LogP contribution >= 0.6 is 0 Å². The summed E-state index contributed by atoms with van der Waals surface area (Å²) < 4.78 is 24.7. The number of rotatable bonds is 2. The quantitative estimate of drug-likeness (QED) is 0.565. The van der Waals surface area contributed by atoms with Gasteiger partial charge in [-0.25, -0.2) is 0 Å². The van der Waals surface area contributed by atoms with Crippen LogP contribution < -0.4 is 0 Å². The molecule has 0 amide bonds. The third kappa shape index (κ3) is 2.35. The van der Waals surface area contributed by atoms with Crippen LogP contribution in [-0.4, -0.2) is 42.8 Å². The standard InChI is InChI=1S/C20H30O5/c1-3-16(21)24-14-11-18(2)15(25-18)12-19-6-4-5-13(14)17(19)20(8-7-19)22-9-10-23-20/h13-15,17H,3-12H2,1-2H3/t13?,14-,15-,17?,18+,19?/m0/s1. The monoisotopic (exact) mass is 350 g/mol. The molecule has 25 heavy (non-hydrogen) atoms. The Bertz CT molecular complexity index is 570. The van der Waals surface area contributed by atoms with Crippen molar-refractivity contribution in [2.24, 2.45) is 17.3 Å². The van der Waals surface area contributed by atoms with E-state index in [-0.39, 0.29) is 23.1 Å². The zero-order valence-corrected chi connectivity index (χ0v) is 15.4. The Kier molecular flexibility index (Phi) is 3.59. The van der Waals surface area contributed by atoms with Gasteiger partial charge in [-0.3, -0.25) is 4.79 Å². The second-order valence-electron chi connectivity index (χ2n) is 9.11. The van der Waals surface area contributed by atoms with Gasteiger partial charge in [0, 0.05) is 31.1 Å². The van der Waals surface area contributed by atoms with E-state index in [9.17, 15) is 4.79 Å². The van der Waals surface area contributed by atoms with Crippen molar-refractivity contribution < 1.29 is 23.7 Å². The highest BCUT2D eigenvalue weighted by Crippen LogP contribution is 2.67. The molecule has 140 valence electrons. The van der Waals surface area contributed by atoms with Crippen LogP contribution in [0.1, 0.15) is 65.2 Å². The minimum Gasteiger partial charge on any atom is -0.462 e. The van der Waals surface area contributed by atoms with Gasteiger partial charge >= 0.3 is 5.97 Å². The topological polar surface area (TPSA) is 57.3 Å². The first-order chi connectivity index (χ1) is 12.0. The van der Waals surface area contributed by atoms with E-state index in [1.165, 1.54) is 12.8 Å². The molecule has 3 unspecified atom stereocenters. The van der Waals surface area contributed by atoms with Crippen LogP contribution in [0.2, 0.25) is 0 Å². The van der Waals surface area contributed by atoms with Gasteiger partial charge in [-0.2, -0.15) is 0 Å². The van der Waals surface area contributed by atoms with Crippen molar-refractivity contribution in [3.63, 3.8) is 0 Å². The van der Waals surface area contributed by atoms with Crippen molar-refractivity contribution in [1.82, 2.24) is 0 Å². The van der Waals surface area contributed by atoms with Crippen LogP contribution in [0.4, 0.5) is 0 Å². The zero-order chi connectivity index (χ0) is 17.3. The Morgan fingerprint density at radius 3 is 2.72 bits per heavy atom. The van der Waals surface area contributed by atoms with Crippen molar-refractivity contribution in [3.05, 3.63) is 0 Å². The molecule has 0 aromatic carbocycles. The molecule has 5 aliphatic rings. The Balaban J connectivity index is 1.55. The molecule has 5 heteroatoms. The first-order valence-corrected chi connectivity index (χ1v) is 10.2. The maximum absolute atomic E-state index is 12.1. The van der Waals surface area contributed by atoms with Gasteiger partial charge in [0.25, 0.3) is 0 Å². The first kappa shape index (κ1) is 16.5. The minimum atomic E-state index is -0.440. The number of carbonyl (C=O) groups is 1. The van der Waals surface area contributed by atoms with Gasteiger partial charge in [-0.05, 0) is 38.0 Å². The Hall–Kier alpha value is -0.650. The van der Waals surface area contributed by atoms with Crippen LogP contribution in [0.15, 0.2) is 0 Å². The van der Waals surface area contributed by atoms with E-state index in [1.54, 1.807) is 0 Å². The smallest absolute Gasteiger partial charge is 0.305 e. The Morgan fingerprint density at radius 2 is 1.96 bits per heavy atom. The molecule has 5 rings (SSSR count). The van der Waals surface area contributed by atoms with E-state index in [1.807, 2.05) is 6.92 Å². The van der Waals surface area contributed by atoms with Crippen LogP contribution in [-0.2, 0) is 23.7 Å². The van der Waals surface area contributed by atoms with Gasteiger partial charge in [0.1, 0.15) is 6.10 Å². The lowest BCUT2D eigenvalue weighted by molar-refractivity contribution is -0.230. The predicted molar refractivity (Wildman–Crippen MR) is 89.8 cm³/mol. The molecule has 5 nitrogen and oxygen atoms in total. The van der Waals surface area contributed by atoms with E-state index >= 15 is 0 Å². The molecule has 2 heterocycles. The van der Waals surface area contributed by atoms with Gasteiger partial charge in [0.2, 0.25) is 0 Å². The van der Waals surface area contributed by atoms with Gasteiger partial charge in [-0.15, -0.1) is 0 Å².